The Hall–Kier alpha value is -1.32. The lowest BCUT2D eigenvalue weighted by molar-refractivity contribution is -0.129. The summed E-state index contributed by atoms with van der Waals surface area (Å²) in [5.41, 5.74) is 1.21. The fraction of sp³-hybridized carbons (Fsp3) is 0.692. The van der Waals surface area contributed by atoms with Gasteiger partial charge in [-0.15, -0.1) is 0 Å². The van der Waals surface area contributed by atoms with Gasteiger partial charge in [0, 0.05) is 23.9 Å². The number of aromatic nitrogens is 1. The topological polar surface area (TPSA) is 55.1 Å². The van der Waals surface area contributed by atoms with E-state index in [0.29, 0.717) is 12.3 Å². The minimum absolute atomic E-state index is 0.114. The molecule has 92 valence electrons. The van der Waals surface area contributed by atoms with Gasteiger partial charge in [0.25, 0.3) is 0 Å². The molecule has 1 aromatic heterocycles. The van der Waals surface area contributed by atoms with Crippen LogP contribution >= 0.6 is 0 Å². The van der Waals surface area contributed by atoms with Crippen molar-refractivity contribution in [3.8, 4) is 0 Å². The molecule has 1 aliphatic heterocycles. The van der Waals surface area contributed by atoms with Gasteiger partial charge in [-0.3, -0.25) is 4.79 Å². The molecule has 0 radical (unpaired) electrons. The Bertz CT molecular complexity index is 478. The van der Waals surface area contributed by atoms with E-state index < -0.39 is 0 Å². The van der Waals surface area contributed by atoms with Crippen LogP contribution in [-0.2, 0) is 16.6 Å². The molecule has 2 atom stereocenters. The summed E-state index contributed by atoms with van der Waals surface area (Å²) in [4.78, 5) is 11.6. The van der Waals surface area contributed by atoms with Crippen LogP contribution in [-0.4, -0.2) is 17.6 Å². The maximum atomic E-state index is 11.6. The fourth-order valence-corrected chi connectivity index (χ4v) is 3.75. The molecule has 1 aliphatic carbocycles. The molecule has 1 unspecified atom stereocenters. The SMILES string of the molecule is CC12CNC(=O)C[C@H]1C(C)(C)c1oncc1C2. The summed E-state index contributed by atoms with van der Waals surface area (Å²) in [6.07, 6.45) is 3.36. The van der Waals surface area contributed by atoms with Gasteiger partial charge in [0.1, 0.15) is 5.76 Å². The van der Waals surface area contributed by atoms with Crippen molar-refractivity contribution in [2.24, 2.45) is 11.3 Å². The molecule has 1 N–H and O–H groups in total. The summed E-state index contributed by atoms with van der Waals surface area (Å²) < 4.78 is 5.42. The highest BCUT2D eigenvalue weighted by molar-refractivity contribution is 5.77. The Morgan fingerprint density at radius 2 is 2.24 bits per heavy atom. The molecule has 1 aromatic rings. The first-order valence-electron chi connectivity index (χ1n) is 6.14. The maximum absolute atomic E-state index is 11.6. The van der Waals surface area contributed by atoms with E-state index in [1.807, 2.05) is 6.20 Å². The summed E-state index contributed by atoms with van der Waals surface area (Å²) >= 11 is 0. The van der Waals surface area contributed by atoms with Gasteiger partial charge in [-0.25, -0.2) is 0 Å². The first kappa shape index (κ1) is 10.8. The first-order valence-corrected chi connectivity index (χ1v) is 6.14. The van der Waals surface area contributed by atoms with Crippen LogP contribution in [0, 0.1) is 11.3 Å². The van der Waals surface area contributed by atoms with Crippen molar-refractivity contribution in [3.63, 3.8) is 0 Å². The maximum Gasteiger partial charge on any atom is 0.220 e. The summed E-state index contributed by atoms with van der Waals surface area (Å²) in [6.45, 7) is 7.34. The Morgan fingerprint density at radius 1 is 1.47 bits per heavy atom. The van der Waals surface area contributed by atoms with Crippen LogP contribution in [0.4, 0.5) is 0 Å². The number of fused-ring (bicyclic) bond motifs is 2. The molecule has 1 fully saturated rings. The number of hydrogen-bond donors (Lipinski definition) is 1. The third kappa shape index (κ3) is 1.36. The van der Waals surface area contributed by atoms with Gasteiger partial charge in [0.05, 0.1) is 6.20 Å². The van der Waals surface area contributed by atoms with Crippen LogP contribution in [0.1, 0.15) is 38.5 Å². The largest absolute Gasteiger partial charge is 0.361 e. The standard InChI is InChI=1S/C13H18N2O2/c1-12(2)9-4-10(16)14-7-13(9,3)5-8-6-15-17-11(8)12/h6,9H,4-5,7H2,1-3H3,(H,14,16)/t9-,13?/m0/s1. The molecule has 1 saturated heterocycles. The van der Waals surface area contributed by atoms with Crippen molar-refractivity contribution in [1.29, 1.82) is 0 Å². The molecule has 0 saturated carbocycles. The van der Waals surface area contributed by atoms with E-state index in [-0.39, 0.29) is 16.7 Å². The lowest BCUT2D eigenvalue weighted by atomic mass is 9.54. The Kier molecular flexibility index (Phi) is 1.98. The lowest BCUT2D eigenvalue weighted by Gasteiger charge is -2.51. The highest BCUT2D eigenvalue weighted by Gasteiger charge is 2.53. The highest BCUT2D eigenvalue weighted by atomic mass is 16.5. The van der Waals surface area contributed by atoms with Gasteiger partial charge in [-0.05, 0) is 17.8 Å². The van der Waals surface area contributed by atoms with Gasteiger partial charge < -0.3 is 9.84 Å². The zero-order chi connectivity index (χ0) is 12.3. The molecule has 4 heteroatoms. The second-order valence-electron chi connectivity index (χ2n) is 6.27. The van der Waals surface area contributed by atoms with Crippen molar-refractivity contribution in [2.45, 2.75) is 39.0 Å². The van der Waals surface area contributed by atoms with Crippen LogP contribution in [0.2, 0.25) is 0 Å². The number of nitrogens with zero attached hydrogens (tertiary/aromatic N) is 1. The number of carbonyl (C=O) groups excluding carboxylic acids is 1. The number of carbonyl (C=O) groups is 1. The molecular weight excluding hydrogens is 216 g/mol. The summed E-state index contributed by atoms with van der Waals surface area (Å²) in [5.74, 6) is 1.45. The smallest absolute Gasteiger partial charge is 0.220 e. The van der Waals surface area contributed by atoms with E-state index in [1.54, 1.807) is 0 Å². The van der Waals surface area contributed by atoms with Crippen molar-refractivity contribution >= 4 is 5.91 Å². The van der Waals surface area contributed by atoms with E-state index in [1.165, 1.54) is 5.56 Å². The van der Waals surface area contributed by atoms with Crippen LogP contribution in [0.15, 0.2) is 10.7 Å². The molecular formula is C13H18N2O2. The van der Waals surface area contributed by atoms with Crippen molar-refractivity contribution in [3.05, 3.63) is 17.5 Å². The predicted molar refractivity (Wildman–Crippen MR) is 62.5 cm³/mol. The Labute approximate surface area is 101 Å². The second kappa shape index (κ2) is 3.12. The molecule has 2 heterocycles. The second-order valence-corrected chi connectivity index (χ2v) is 6.27. The molecule has 0 aromatic carbocycles. The number of nitrogens with one attached hydrogen (secondary N) is 1. The predicted octanol–water partition coefficient (Wildman–Crippen LogP) is 1.65. The highest BCUT2D eigenvalue weighted by Crippen LogP contribution is 2.52. The van der Waals surface area contributed by atoms with Crippen molar-refractivity contribution in [2.75, 3.05) is 6.54 Å². The third-order valence-electron chi connectivity index (χ3n) is 4.62. The lowest BCUT2D eigenvalue weighted by Crippen LogP contribution is -2.56. The van der Waals surface area contributed by atoms with Crippen LogP contribution < -0.4 is 5.32 Å². The average molecular weight is 234 g/mol. The molecule has 3 rings (SSSR count). The van der Waals surface area contributed by atoms with Gasteiger partial charge in [0.2, 0.25) is 5.91 Å². The molecule has 0 bridgehead atoms. The fourth-order valence-electron chi connectivity index (χ4n) is 3.75. The van der Waals surface area contributed by atoms with Gasteiger partial charge in [-0.1, -0.05) is 25.9 Å². The molecule has 0 spiro atoms. The number of amides is 1. The minimum atomic E-state index is -0.114. The molecule has 4 nitrogen and oxygen atoms in total. The number of rotatable bonds is 0. The number of piperidine rings is 1. The Balaban J connectivity index is 2.11. The molecule has 17 heavy (non-hydrogen) atoms. The van der Waals surface area contributed by atoms with Crippen molar-refractivity contribution in [1.82, 2.24) is 10.5 Å². The zero-order valence-corrected chi connectivity index (χ0v) is 10.5. The van der Waals surface area contributed by atoms with Crippen LogP contribution in [0.3, 0.4) is 0 Å². The third-order valence-corrected chi connectivity index (χ3v) is 4.62. The zero-order valence-electron chi connectivity index (χ0n) is 10.5. The van der Waals surface area contributed by atoms with Crippen LogP contribution in [0.5, 0.6) is 0 Å². The average Bonchev–Trinajstić information content (AvgIpc) is 2.69. The van der Waals surface area contributed by atoms with E-state index in [9.17, 15) is 4.79 Å². The van der Waals surface area contributed by atoms with Crippen LogP contribution in [0.25, 0.3) is 0 Å². The first-order chi connectivity index (χ1) is 7.93. The van der Waals surface area contributed by atoms with Gasteiger partial charge in [-0.2, -0.15) is 0 Å². The van der Waals surface area contributed by atoms with Gasteiger partial charge >= 0.3 is 0 Å². The summed E-state index contributed by atoms with van der Waals surface area (Å²) in [7, 11) is 0. The molecule has 1 amide bonds. The Morgan fingerprint density at radius 3 is 3.00 bits per heavy atom. The summed E-state index contributed by atoms with van der Waals surface area (Å²) in [6, 6.07) is 0. The quantitative estimate of drug-likeness (QED) is 0.742. The molecule has 2 aliphatic rings. The van der Waals surface area contributed by atoms with Gasteiger partial charge in [0.15, 0.2) is 0 Å². The van der Waals surface area contributed by atoms with E-state index >= 15 is 0 Å². The normalized spacial score (nSPS) is 34.8. The monoisotopic (exact) mass is 234 g/mol. The number of hydrogen-bond acceptors (Lipinski definition) is 3. The summed E-state index contributed by atoms with van der Waals surface area (Å²) in [5, 5.41) is 6.92. The van der Waals surface area contributed by atoms with E-state index in [2.05, 4.69) is 31.2 Å². The van der Waals surface area contributed by atoms with E-state index in [0.717, 1.165) is 18.7 Å². The minimum Gasteiger partial charge on any atom is -0.361 e. The van der Waals surface area contributed by atoms with Crippen molar-refractivity contribution < 1.29 is 9.32 Å². The van der Waals surface area contributed by atoms with E-state index in [4.69, 9.17) is 4.52 Å².